The number of hydrogen-bond acceptors (Lipinski definition) is 2. The minimum Gasteiger partial charge on any atom is -0.246 e. The van der Waals surface area contributed by atoms with Gasteiger partial charge in [0.05, 0.1) is 5.69 Å². The second-order valence-corrected chi connectivity index (χ2v) is 3.07. The van der Waals surface area contributed by atoms with Gasteiger partial charge in [-0.05, 0) is 17.7 Å². The average Bonchev–Trinajstić information content (AvgIpc) is 2.81. The zero-order valence-corrected chi connectivity index (χ0v) is 8.10. The molecular weight excluding hydrogens is 193 g/mol. The van der Waals surface area contributed by atoms with Crippen molar-refractivity contribution in [1.82, 2.24) is 14.8 Å². The Kier molecular flexibility index (Phi) is 2.58. The highest BCUT2D eigenvalue weighted by atomic mass is 19.1. The van der Waals surface area contributed by atoms with E-state index in [1.807, 2.05) is 6.07 Å². The van der Waals surface area contributed by atoms with Crippen LogP contribution in [-0.2, 0) is 6.67 Å². The summed E-state index contributed by atoms with van der Waals surface area (Å²) in [5, 5.41) is 3.96. The summed E-state index contributed by atoms with van der Waals surface area (Å²) < 4.78 is 14.3. The maximum absolute atomic E-state index is 12.8. The second-order valence-electron chi connectivity index (χ2n) is 3.07. The lowest BCUT2D eigenvalue weighted by molar-refractivity contribution is 0.483. The van der Waals surface area contributed by atoms with E-state index in [-0.39, 0.29) is 0 Å². The molecule has 0 amide bonds. The first kappa shape index (κ1) is 9.58. The fourth-order valence-electron chi connectivity index (χ4n) is 1.40. The number of rotatable bonds is 3. The van der Waals surface area contributed by atoms with E-state index in [1.165, 1.54) is 6.33 Å². The van der Waals surface area contributed by atoms with Gasteiger partial charge in [-0.25, -0.2) is 14.1 Å². The van der Waals surface area contributed by atoms with Crippen LogP contribution in [0.4, 0.5) is 4.39 Å². The van der Waals surface area contributed by atoms with Crippen LogP contribution in [-0.4, -0.2) is 14.8 Å². The lowest BCUT2D eigenvalue weighted by Crippen LogP contribution is -1.99. The van der Waals surface area contributed by atoms with Gasteiger partial charge in [0.25, 0.3) is 0 Å². The molecule has 0 N–H and O–H groups in total. The smallest absolute Gasteiger partial charge is 0.138 e. The summed E-state index contributed by atoms with van der Waals surface area (Å²) in [6.45, 7) is 3.11. The Balaban J connectivity index is 2.52. The number of hydrogen-bond donors (Lipinski definition) is 0. The fourth-order valence-corrected chi connectivity index (χ4v) is 1.40. The molecule has 0 saturated carbocycles. The third-order valence-electron chi connectivity index (χ3n) is 2.15. The summed E-state index contributed by atoms with van der Waals surface area (Å²) in [6, 6.07) is 5.42. The van der Waals surface area contributed by atoms with Crippen molar-refractivity contribution in [3.05, 3.63) is 48.6 Å². The Bertz CT molecular complexity index is 463. The molecule has 0 fully saturated rings. The lowest BCUT2D eigenvalue weighted by Gasteiger charge is -2.06. The standard InChI is InChI=1S/C11H10FN3/c1-2-9-3-4-11(10(5-9)6-12)15-8-13-7-14-15/h2-5,7-8H,1,6H2. The maximum atomic E-state index is 12.8. The summed E-state index contributed by atoms with van der Waals surface area (Å²) in [6.07, 6.45) is 4.65. The van der Waals surface area contributed by atoms with Crippen LogP contribution in [0.15, 0.2) is 37.4 Å². The molecule has 0 spiro atoms. The molecule has 4 heteroatoms. The van der Waals surface area contributed by atoms with Gasteiger partial charge >= 0.3 is 0 Å². The first-order valence-electron chi connectivity index (χ1n) is 4.51. The number of alkyl halides is 1. The summed E-state index contributed by atoms with van der Waals surface area (Å²) >= 11 is 0. The molecule has 1 aromatic heterocycles. The van der Waals surface area contributed by atoms with Crippen LogP contribution in [0.1, 0.15) is 11.1 Å². The van der Waals surface area contributed by atoms with E-state index in [2.05, 4.69) is 16.7 Å². The molecule has 76 valence electrons. The van der Waals surface area contributed by atoms with Crippen molar-refractivity contribution >= 4 is 6.08 Å². The molecule has 1 aromatic carbocycles. The molecule has 3 nitrogen and oxygen atoms in total. The molecular formula is C11H10FN3. The maximum Gasteiger partial charge on any atom is 0.138 e. The van der Waals surface area contributed by atoms with Gasteiger partial charge in [0, 0.05) is 5.56 Å². The van der Waals surface area contributed by atoms with E-state index < -0.39 is 6.67 Å². The molecule has 0 bridgehead atoms. The van der Waals surface area contributed by atoms with E-state index in [1.54, 1.807) is 29.2 Å². The molecule has 0 radical (unpaired) electrons. The van der Waals surface area contributed by atoms with Gasteiger partial charge in [-0.15, -0.1) is 0 Å². The predicted molar refractivity (Wildman–Crippen MR) is 56.3 cm³/mol. The summed E-state index contributed by atoms with van der Waals surface area (Å²) in [7, 11) is 0. The van der Waals surface area contributed by atoms with Crippen LogP contribution in [0.5, 0.6) is 0 Å². The fraction of sp³-hybridized carbons (Fsp3) is 0.0909. The van der Waals surface area contributed by atoms with E-state index >= 15 is 0 Å². The van der Waals surface area contributed by atoms with Gasteiger partial charge < -0.3 is 0 Å². The van der Waals surface area contributed by atoms with Crippen molar-refractivity contribution in [2.45, 2.75) is 6.67 Å². The van der Waals surface area contributed by atoms with Crippen molar-refractivity contribution in [3.8, 4) is 5.69 Å². The third kappa shape index (κ3) is 1.79. The van der Waals surface area contributed by atoms with Crippen LogP contribution >= 0.6 is 0 Å². The Hall–Kier alpha value is -1.97. The highest BCUT2D eigenvalue weighted by Crippen LogP contribution is 2.17. The first-order chi connectivity index (χ1) is 7.35. The van der Waals surface area contributed by atoms with Crippen LogP contribution < -0.4 is 0 Å². The monoisotopic (exact) mass is 203 g/mol. The van der Waals surface area contributed by atoms with Crippen LogP contribution in [0, 0.1) is 0 Å². The molecule has 15 heavy (non-hydrogen) atoms. The number of benzene rings is 1. The average molecular weight is 203 g/mol. The minimum atomic E-state index is -0.531. The molecule has 0 aliphatic rings. The van der Waals surface area contributed by atoms with Gasteiger partial charge in [0.2, 0.25) is 0 Å². The van der Waals surface area contributed by atoms with Gasteiger partial charge in [-0.1, -0.05) is 18.7 Å². The second kappa shape index (κ2) is 4.04. The molecule has 0 saturated heterocycles. The third-order valence-corrected chi connectivity index (χ3v) is 2.15. The van der Waals surface area contributed by atoms with Crippen molar-refractivity contribution in [1.29, 1.82) is 0 Å². The zero-order valence-electron chi connectivity index (χ0n) is 8.10. The van der Waals surface area contributed by atoms with E-state index in [9.17, 15) is 4.39 Å². The van der Waals surface area contributed by atoms with Gasteiger partial charge in [-0.2, -0.15) is 5.10 Å². The van der Waals surface area contributed by atoms with Crippen molar-refractivity contribution in [3.63, 3.8) is 0 Å². The van der Waals surface area contributed by atoms with E-state index in [4.69, 9.17) is 0 Å². The molecule has 0 aliphatic heterocycles. The van der Waals surface area contributed by atoms with Crippen molar-refractivity contribution in [2.24, 2.45) is 0 Å². The quantitative estimate of drug-likeness (QED) is 0.766. The van der Waals surface area contributed by atoms with E-state index in [0.717, 1.165) is 5.56 Å². The molecule has 0 unspecified atom stereocenters. The summed E-state index contributed by atoms with van der Waals surface area (Å²) in [5.74, 6) is 0. The Morgan fingerprint density at radius 1 is 1.47 bits per heavy atom. The lowest BCUT2D eigenvalue weighted by atomic mass is 10.1. The SMILES string of the molecule is C=Cc1ccc(-n2cncn2)c(CF)c1. The highest BCUT2D eigenvalue weighted by Gasteiger charge is 2.05. The minimum absolute atomic E-state index is 0.531. The number of halogens is 1. The molecule has 0 aliphatic carbocycles. The van der Waals surface area contributed by atoms with Gasteiger partial charge in [-0.3, -0.25) is 0 Å². The largest absolute Gasteiger partial charge is 0.246 e. The summed E-state index contributed by atoms with van der Waals surface area (Å²) in [5.41, 5.74) is 2.19. The Morgan fingerprint density at radius 3 is 2.93 bits per heavy atom. The van der Waals surface area contributed by atoms with Gasteiger partial charge in [0.15, 0.2) is 0 Å². The number of aromatic nitrogens is 3. The first-order valence-corrected chi connectivity index (χ1v) is 4.51. The number of nitrogens with zero attached hydrogens (tertiary/aromatic N) is 3. The predicted octanol–water partition coefficient (Wildman–Crippen LogP) is 2.38. The van der Waals surface area contributed by atoms with Crippen molar-refractivity contribution in [2.75, 3.05) is 0 Å². The highest BCUT2D eigenvalue weighted by molar-refractivity contribution is 5.53. The molecule has 2 aromatic rings. The van der Waals surface area contributed by atoms with Crippen molar-refractivity contribution < 1.29 is 4.39 Å². The molecule has 1 heterocycles. The zero-order chi connectivity index (χ0) is 10.7. The Morgan fingerprint density at radius 2 is 2.33 bits per heavy atom. The van der Waals surface area contributed by atoms with E-state index in [0.29, 0.717) is 11.3 Å². The van der Waals surface area contributed by atoms with Crippen LogP contribution in [0.2, 0.25) is 0 Å². The molecule has 2 rings (SSSR count). The Labute approximate surface area is 86.9 Å². The normalized spacial score (nSPS) is 10.2. The topological polar surface area (TPSA) is 30.7 Å². The van der Waals surface area contributed by atoms with Gasteiger partial charge in [0.1, 0.15) is 19.3 Å². The summed E-state index contributed by atoms with van der Waals surface area (Å²) in [4.78, 5) is 3.83. The van der Waals surface area contributed by atoms with Crippen LogP contribution in [0.25, 0.3) is 11.8 Å². The molecule has 0 atom stereocenters. The van der Waals surface area contributed by atoms with Crippen LogP contribution in [0.3, 0.4) is 0 Å².